The second-order valence-corrected chi connectivity index (χ2v) is 7.62. The largest absolute Gasteiger partial charge is 0.416 e. The van der Waals surface area contributed by atoms with E-state index in [9.17, 15) is 27.6 Å². The summed E-state index contributed by atoms with van der Waals surface area (Å²) >= 11 is 0. The standard InChI is InChI=1S/C23H19F3N2O3/c24-23(25,26)16-5-3-4-15(12-16)14-8-10-17(11-9-14)27-20(29)13-28-21(30)18-6-1-2-7-19(18)22(28)31/h1-5,8-12,18-19H,6-7,13H2,(H,27,29)/t18-,19-/m1/s1. The van der Waals surface area contributed by atoms with Gasteiger partial charge in [0.15, 0.2) is 0 Å². The number of alkyl halides is 3. The third-order valence-electron chi connectivity index (χ3n) is 5.59. The number of rotatable bonds is 4. The highest BCUT2D eigenvalue weighted by Crippen LogP contribution is 2.35. The number of allylic oxidation sites excluding steroid dienone is 2. The van der Waals surface area contributed by atoms with Gasteiger partial charge in [0.2, 0.25) is 17.7 Å². The lowest BCUT2D eigenvalue weighted by Crippen LogP contribution is -2.38. The fraction of sp³-hybridized carbons (Fsp3) is 0.261. The number of likely N-dealkylation sites (tertiary alicyclic amines) is 1. The van der Waals surface area contributed by atoms with Gasteiger partial charge in [-0.15, -0.1) is 0 Å². The zero-order valence-corrected chi connectivity index (χ0v) is 16.4. The minimum absolute atomic E-state index is 0.325. The first-order chi connectivity index (χ1) is 14.7. The Balaban J connectivity index is 1.41. The Kier molecular flexibility index (Phi) is 5.39. The Hall–Kier alpha value is -3.42. The van der Waals surface area contributed by atoms with E-state index in [4.69, 9.17) is 0 Å². The zero-order chi connectivity index (χ0) is 22.2. The highest BCUT2D eigenvalue weighted by Gasteiger charge is 2.47. The molecule has 1 aliphatic heterocycles. The molecule has 0 aromatic heterocycles. The summed E-state index contributed by atoms with van der Waals surface area (Å²) in [6, 6.07) is 11.3. The quantitative estimate of drug-likeness (QED) is 0.585. The number of nitrogens with zero attached hydrogens (tertiary/aromatic N) is 1. The van der Waals surface area contributed by atoms with Crippen molar-refractivity contribution in [1.82, 2.24) is 4.90 Å². The average Bonchev–Trinajstić information content (AvgIpc) is 2.99. The van der Waals surface area contributed by atoms with Crippen molar-refractivity contribution < 1.29 is 27.6 Å². The van der Waals surface area contributed by atoms with E-state index in [1.54, 1.807) is 30.3 Å². The zero-order valence-electron chi connectivity index (χ0n) is 16.4. The first kappa shape index (κ1) is 20.8. The molecule has 31 heavy (non-hydrogen) atoms. The minimum Gasteiger partial charge on any atom is -0.325 e. The van der Waals surface area contributed by atoms with Gasteiger partial charge in [-0.3, -0.25) is 19.3 Å². The molecule has 0 radical (unpaired) electrons. The molecule has 1 fully saturated rings. The molecular formula is C23H19F3N2O3. The van der Waals surface area contributed by atoms with E-state index in [0.29, 0.717) is 29.7 Å². The topological polar surface area (TPSA) is 66.5 Å². The summed E-state index contributed by atoms with van der Waals surface area (Å²) in [5.74, 6) is -1.95. The molecule has 0 spiro atoms. The van der Waals surface area contributed by atoms with Crippen LogP contribution in [0.3, 0.4) is 0 Å². The second-order valence-electron chi connectivity index (χ2n) is 7.62. The Morgan fingerprint density at radius 2 is 1.55 bits per heavy atom. The molecule has 4 rings (SSSR count). The maximum Gasteiger partial charge on any atom is 0.416 e. The number of amides is 3. The summed E-state index contributed by atoms with van der Waals surface area (Å²) in [7, 11) is 0. The van der Waals surface area contributed by atoms with Crippen molar-refractivity contribution in [3.05, 3.63) is 66.2 Å². The Labute approximate surface area is 176 Å². The van der Waals surface area contributed by atoms with Crippen LogP contribution in [0.25, 0.3) is 11.1 Å². The molecule has 2 atom stereocenters. The van der Waals surface area contributed by atoms with Crippen LogP contribution in [-0.4, -0.2) is 29.2 Å². The molecule has 0 saturated carbocycles. The van der Waals surface area contributed by atoms with Crippen LogP contribution in [0.2, 0.25) is 0 Å². The van der Waals surface area contributed by atoms with Gasteiger partial charge in [0.1, 0.15) is 6.54 Å². The highest BCUT2D eigenvalue weighted by molar-refractivity contribution is 6.08. The van der Waals surface area contributed by atoms with Crippen molar-refractivity contribution in [2.75, 3.05) is 11.9 Å². The molecular weight excluding hydrogens is 409 g/mol. The van der Waals surface area contributed by atoms with Crippen molar-refractivity contribution in [2.45, 2.75) is 19.0 Å². The predicted octanol–water partition coefficient (Wildman–Crippen LogP) is 4.26. The molecule has 2 aliphatic rings. The van der Waals surface area contributed by atoms with Crippen LogP contribution in [-0.2, 0) is 20.6 Å². The number of anilines is 1. The van der Waals surface area contributed by atoms with Crippen LogP contribution in [0.5, 0.6) is 0 Å². The van der Waals surface area contributed by atoms with E-state index >= 15 is 0 Å². The molecule has 2 aromatic rings. The van der Waals surface area contributed by atoms with Gasteiger partial charge in [-0.05, 0) is 48.2 Å². The number of fused-ring (bicyclic) bond motifs is 1. The third kappa shape index (κ3) is 4.23. The van der Waals surface area contributed by atoms with Crippen molar-refractivity contribution in [1.29, 1.82) is 0 Å². The maximum atomic E-state index is 12.9. The molecule has 1 saturated heterocycles. The van der Waals surface area contributed by atoms with Crippen LogP contribution < -0.4 is 5.32 Å². The fourth-order valence-electron chi connectivity index (χ4n) is 3.99. The number of hydrogen-bond acceptors (Lipinski definition) is 3. The maximum absolute atomic E-state index is 12.9. The SMILES string of the molecule is O=C(CN1C(=O)[C@@H]2CC=CC[C@H]2C1=O)Nc1ccc(-c2cccc(C(F)(F)F)c2)cc1. The first-order valence-electron chi connectivity index (χ1n) is 9.82. The van der Waals surface area contributed by atoms with Crippen molar-refractivity contribution in [3.63, 3.8) is 0 Å². The highest BCUT2D eigenvalue weighted by atomic mass is 19.4. The lowest BCUT2D eigenvalue weighted by Gasteiger charge is -2.14. The Bertz CT molecular complexity index is 1030. The monoisotopic (exact) mass is 428 g/mol. The normalized spacial score (nSPS) is 20.7. The van der Waals surface area contributed by atoms with Crippen LogP contribution in [0.4, 0.5) is 18.9 Å². The van der Waals surface area contributed by atoms with Gasteiger partial charge in [-0.25, -0.2) is 0 Å². The molecule has 3 amide bonds. The number of imide groups is 1. The van der Waals surface area contributed by atoms with Crippen LogP contribution in [0.1, 0.15) is 18.4 Å². The molecule has 1 aliphatic carbocycles. The van der Waals surface area contributed by atoms with Crippen molar-refractivity contribution in [3.8, 4) is 11.1 Å². The van der Waals surface area contributed by atoms with E-state index in [0.717, 1.165) is 17.0 Å². The molecule has 1 N–H and O–H groups in total. The number of nitrogens with one attached hydrogen (secondary N) is 1. The summed E-state index contributed by atoms with van der Waals surface area (Å²) in [5, 5.41) is 2.62. The Morgan fingerprint density at radius 3 is 2.13 bits per heavy atom. The van der Waals surface area contributed by atoms with Gasteiger partial charge in [0.25, 0.3) is 0 Å². The second kappa shape index (κ2) is 8.02. The smallest absolute Gasteiger partial charge is 0.325 e. The van der Waals surface area contributed by atoms with Crippen LogP contribution in [0, 0.1) is 11.8 Å². The number of hydrogen-bond donors (Lipinski definition) is 1. The number of halogens is 3. The lowest BCUT2D eigenvalue weighted by atomic mass is 9.85. The molecule has 0 bridgehead atoms. The van der Waals surface area contributed by atoms with Crippen molar-refractivity contribution >= 4 is 23.4 Å². The van der Waals surface area contributed by atoms with Gasteiger partial charge in [0.05, 0.1) is 17.4 Å². The van der Waals surface area contributed by atoms with Crippen molar-refractivity contribution in [2.24, 2.45) is 11.8 Å². The van der Waals surface area contributed by atoms with Gasteiger partial charge in [0, 0.05) is 5.69 Å². The lowest BCUT2D eigenvalue weighted by molar-refractivity contribution is -0.142. The summed E-state index contributed by atoms with van der Waals surface area (Å²) < 4.78 is 38.7. The molecule has 160 valence electrons. The minimum atomic E-state index is -4.43. The summed E-state index contributed by atoms with van der Waals surface area (Å²) in [6.45, 7) is -0.361. The van der Waals surface area contributed by atoms with E-state index in [1.807, 2.05) is 12.2 Å². The summed E-state index contributed by atoms with van der Waals surface area (Å²) in [4.78, 5) is 38.3. The predicted molar refractivity (Wildman–Crippen MR) is 108 cm³/mol. The summed E-state index contributed by atoms with van der Waals surface area (Å²) in [6.07, 6.45) is 0.334. The third-order valence-corrected chi connectivity index (χ3v) is 5.59. The molecule has 2 aromatic carbocycles. The Morgan fingerprint density at radius 1 is 0.935 bits per heavy atom. The molecule has 0 unspecified atom stereocenters. The number of carbonyl (C=O) groups is 3. The van der Waals surface area contributed by atoms with E-state index < -0.39 is 29.5 Å². The summed E-state index contributed by atoms with van der Waals surface area (Å²) in [5.41, 5.74) is 0.639. The van der Waals surface area contributed by atoms with Gasteiger partial charge >= 0.3 is 6.18 Å². The van der Waals surface area contributed by atoms with E-state index in [-0.39, 0.29) is 18.4 Å². The molecule has 1 heterocycles. The van der Waals surface area contributed by atoms with Gasteiger partial charge in [-0.2, -0.15) is 13.2 Å². The first-order valence-corrected chi connectivity index (χ1v) is 9.82. The molecule has 5 nitrogen and oxygen atoms in total. The average molecular weight is 428 g/mol. The number of benzene rings is 2. The van der Waals surface area contributed by atoms with E-state index in [1.165, 1.54) is 6.07 Å². The van der Waals surface area contributed by atoms with Crippen LogP contribution >= 0.6 is 0 Å². The number of carbonyl (C=O) groups excluding carboxylic acids is 3. The van der Waals surface area contributed by atoms with Crippen LogP contribution in [0.15, 0.2) is 60.7 Å². The van der Waals surface area contributed by atoms with E-state index in [2.05, 4.69) is 5.32 Å². The fourth-order valence-corrected chi connectivity index (χ4v) is 3.99. The van der Waals surface area contributed by atoms with Gasteiger partial charge in [-0.1, -0.05) is 36.4 Å². The molecule has 8 heteroatoms. The van der Waals surface area contributed by atoms with Gasteiger partial charge < -0.3 is 5.32 Å².